The van der Waals surface area contributed by atoms with Crippen LogP contribution in [0.4, 0.5) is 0 Å². The fourth-order valence-corrected chi connectivity index (χ4v) is 2.79. The van der Waals surface area contributed by atoms with Gasteiger partial charge in [0.15, 0.2) is 0 Å². The largest absolute Gasteiger partial charge is 0.395 e. The van der Waals surface area contributed by atoms with Crippen LogP contribution in [0, 0.1) is 5.41 Å². The van der Waals surface area contributed by atoms with Gasteiger partial charge in [-0.1, -0.05) is 20.3 Å². The Hall–Kier alpha value is -0.120. The number of aliphatic hydroxyl groups is 1. The van der Waals surface area contributed by atoms with Crippen LogP contribution in [0.3, 0.4) is 0 Å². The van der Waals surface area contributed by atoms with E-state index in [1.54, 1.807) is 0 Å². The Bertz CT molecular complexity index is 238. The fraction of sp³-hybridized carbons (Fsp3) is 1.00. The second kappa shape index (κ2) is 5.68. The summed E-state index contributed by atoms with van der Waals surface area (Å²) in [6.45, 7) is 8.38. The molecule has 0 aromatic heterocycles. The summed E-state index contributed by atoms with van der Waals surface area (Å²) >= 11 is 0. The molecule has 17 heavy (non-hydrogen) atoms. The van der Waals surface area contributed by atoms with Crippen molar-refractivity contribution < 1.29 is 5.11 Å². The van der Waals surface area contributed by atoms with Crippen LogP contribution in [0.25, 0.3) is 0 Å². The van der Waals surface area contributed by atoms with Gasteiger partial charge in [0.2, 0.25) is 0 Å². The van der Waals surface area contributed by atoms with Gasteiger partial charge >= 0.3 is 0 Å². The van der Waals surface area contributed by atoms with E-state index < -0.39 is 0 Å². The van der Waals surface area contributed by atoms with Crippen molar-refractivity contribution >= 4 is 0 Å². The Labute approximate surface area is 106 Å². The molecule has 0 spiro atoms. The summed E-state index contributed by atoms with van der Waals surface area (Å²) in [7, 11) is 0. The van der Waals surface area contributed by atoms with Gasteiger partial charge in [-0.3, -0.25) is 4.90 Å². The van der Waals surface area contributed by atoms with E-state index in [0.29, 0.717) is 18.1 Å². The normalized spacial score (nSPS) is 27.4. The number of nitrogens with zero attached hydrogens (tertiary/aromatic N) is 1. The van der Waals surface area contributed by atoms with Crippen molar-refractivity contribution in [2.45, 2.75) is 58.0 Å². The van der Waals surface area contributed by atoms with Crippen molar-refractivity contribution in [2.24, 2.45) is 5.41 Å². The molecule has 2 fully saturated rings. The van der Waals surface area contributed by atoms with Gasteiger partial charge in [0.1, 0.15) is 0 Å². The zero-order valence-electron chi connectivity index (χ0n) is 11.4. The Morgan fingerprint density at radius 1 is 1.24 bits per heavy atom. The van der Waals surface area contributed by atoms with Crippen molar-refractivity contribution in [1.29, 1.82) is 0 Å². The van der Waals surface area contributed by atoms with Gasteiger partial charge in [-0.25, -0.2) is 0 Å². The third-order valence-electron chi connectivity index (χ3n) is 4.04. The first-order valence-electron chi connectivity index (χ1n) is 7.19. The molecule has 1 heterocycles. The quantitative estimate of drug-likeness (QED) is 0.740. The number of hydrogen-bond acceptors (Lipinski definition) is 3. The second-order valence-corrected chi connectivity index (χ2v) is 6.62. The van der Waals surface area contributed by atoms with Crippen molar-refractivity contribution in [3.63, 3.8) is 0 Å². The van der Waals surface area contributed by atoms with Crippen LogP contribution in [-0.4, -0.2) is 48.3 Å². The van der Waals surface area contributed by atoms with Gasteiger partial charge in [-0.05, 0) is 37.6 Å². The molecule has 1 unspecified atom stereocenters. The van der Waals surface area contributed by atoms with Crippen molar-refractivity contribution in [3.8, 4) is 0 Å². The molecule has 0 aromatic rings. The van der Waals surface area contributed by atoms with Gasteiger partial charge in [0.05, 0.1) is 6.61 Å². The summed E-state index contributed by atoms with van der Waals surface area (Å²) in [6.07, 6.45) is 6.46. The van der Waals surface area contributed by atoms with E-state index in [9.17, 15) is 5.11 Å². The lowest BCUT2D eigenvalue weighted by Crippen LogP contribution is -2.48. The third kappa shape index (κ3) is 4.23. The SMILES string of the molecule is CC(C)(CNC1CC1)CN1CCCCC1CO. The first kappa shape index (κ1) is 13.3. The van der Waals surface area contributed by atoms with E-state index >= 15 is 0 Å². The Balaban J connectivity index is 1.79. The van der Waals surface area contributed by atoms with Gasteiger partial charge in [-0.15, -0.1) is 0 Å². The maximum atomic E-state index is 9.43. The number of hydrogen-bond donors (Lipinski definition) is 2. The molecule has 0 bridgehead atoms. The third-order valence-corrected chi connectivity index (χ3v) is 4.04. The predicted octanol–water partition coefficient (Wildman–Crippen LogP) is 1.61. The maximum Gasteiger partial charge on any atom is 0.0586 e. The Morgan fingerprint density at radius 2 is 2.00 bits per heavy atom. The minimum Gasteiger partial charge on any atom is -0.395 e. The highest BCUT2D eigenvalue weighted by molar-refractivity contribution is 4.87. The van der Waals surface area contributed by atoms with Crippen LogP contribution in [-0.2, 0) is 0 Å². The van der Waals surface area contributed by atoms with Crippen LogP contribution in [0.2, 0.25) is 0 Å². The zero-order valence-corrected chi connectivity index (χ0v) is 11.4. The molecular weight excluding hydrogens is 212 g/mol. The summed E-state index contributed by atoms with van der Waals surface area (Å²) < 4.78 is 0. The molecule has 3 nitrogen and oxygen atoms in total. The number of piperidine rings is 1. The predicted molar refractivity (Wildman–Crippen MR) is 71.1 cm³/mol. The number of rotatable bonds is 6. The van der Waals surface area contributed by atoms with Crippen LogP contribution >= 0.6 is 0 Å². The highest BCUT2D eigenvalue weighted by atomic mass is 16.3. The van der Waals surface area contributed by atoms with Crippen molar-refractivity contribution in [1.82, 2.24) is 10.2 Å². The van der Waals surface area contributed by atoms with Crippen LogP contribution < -0.4 is 5.32 Å². The molecule has 1 aliphatic heterocycles. The molecule has 1 saturated heterocycles. The molecule has 2 rings (SSSR count). The van der Waals surface area contributed by atoms with Crippen LogP contribution in [0.15, 0.2) is 0 Å². The van der Waals surface area contributed by atoms with E-state index in [1.807, 2.05) is 0 Å². The lowest BCUT2D eigenvalue weighted by atomic mass is 9.90. The molecule has 0 aromatic carbocycles. The van der Waals surface area contributed by atoms with E-state index in [-0.39, 0.29) is 0 Å². The molecule has 1 atom stereocenters. The first-order valence-corrected chi connectivity index (χ1v) is 7.19. The standard InChI is InChI=1S/C14H28N2O/c1-14(2,10-15-12-6-7-12)11-16-8-4-3-5-13(16)9-17/h12-13,15,17H,3-11H2,1-2H3. The molecular formula is C14H28N2O. The molecule has 1 saturated carbocycles. The Morgan fingerprint density at radius 3 is 2.65 bits per heavy atom. The summed E-state index contributed by atoms with van der Waals surface area (Å²) in [5.74, 6) is 0. The van der Waals surface area contributed by atoms with E-state index in [1.165, 1.54) is 32.1 Å². The second-order valence-electron chi connectivity index (χ2n) is 6.62. The van der Waals surface area contributed by atoms with E-state index in [2.05, 4.69) is 24.1 Å². The minimum atomic E-state index is 0.313. The monoisotopic (exact) mass is 240 g/mol. The fourth-order valence-electron chi connectivity index (χ4n) is 2.79. The van der Waals surface area contributed by atoms with Gasteiger partial charge in [0, 0.05) is 25.2 Å². The topological polar surface area (TPSA) is 35.5 Å². The van der Waals surface area contributed by atoms with Gasteiger partial charge in [-0.2, -0.15) is 0 Å². The minimum absolute atomic E-state index is 0.313. The van der Waals surface area contributed by atoms with Crippen LogP contribution in [0.5, 0.6) is 0 Å². The maximum absolute atomic E-state index is 9.43. The summed E-state index contributed by atoms with van der Waals surface area (Å²) in [6, 6.07) is 1.20. The first-order chi connectivity index (χ1) is 8.11. The molecule has 1 aliphatic carbocycles. The van der Waals surface area contributed by atoms with Crippen molar-refractivity contribution in [2.75, 3.05) is 26.2 Å². The molecule has 0 radical (unpaired) electrons. The van der Waals surface area contributed by atoms with E-state index in [4.69, 9.17) is 0 Å². The van der Waals surface area contributed by atoms with E-state index in [0.717, 1.165) is 25.7 Å². The molecule has 3 heteroatoms. The summed E-state index contributed by atoms with van der Waals surface area (Å²) in [4.78, 5) is 2.50. The van der Waals surface area contributed by atoms with Gasteiger partial charge in [0.25, 0.3) is 0 Å². The summed E-state index contributed by atoms with van der Waals surface area (Å²) in [5, 5.41) is 13.1. The van der Waals surface area contributed by atoms with Crippen molar-refractivity contribution in [3.05, 3.63) is 0 Å². The summed E-state index contributed by atoms with van der Waals surface area (Å²) in [5.41, 5.74) is 0.313. The molecule has 2 aliphatic rings. The van der Waals surface area contributed by atoms with Gasteiger partial charge < -0.3 is 10.4 Å². The highest BCUT2D eigenvalue weighted by Gasteiger charge is 2.30. The number of nitrogens with one attached hydrogen (secondary N) is 1. The van der Waals surface area contributed by atoms with Crippen LogP contribution in [0.1, 0.15) is 46.0 Å². The average Bonchev–Trinajstić information content (AvgIpc) is 3.11. The number of aliphatic hydroxyl groups excluding tert-OH is 1. The molecule has 0 amide bonds. The lowest BCUT2D eigenvalue weighted by molar-refractivity contribution is 0.0575. The zero-order chi connectivity index (χ0) is 12.3. The molecule has 2 N–H and O–H groups in total. The smallest absolute Gasteiger partial charge is 0.0586 e. The number of likely N-dealkylation sites (tertiary alicyclic amines) is 1. The average molecular weight is 240 g/mol. The highest BCUT2D eigenvalue weighted by Crippen LogP contribution is 2.25. The Kier molecular flexibility index (Phi) is 4.45. The lowest BCUT2D eigenvalue weighted by Gasteiger charge is -2.40. The molecule has 100 valence electrons.